The molecule has 5 rings (SSSR count). The van der Waals surface area contributed by atoms with Gasteiger partial charge in [-0.2, -0.15) is 0 Å². The van der Waals surface area contributed by atoms with E-state index in [0.29, 0.717) is 4.90 Å². The number of hydrogen-bond acceptors (Lipinski definition) is 3. The van der Waals surface area contributed by atoms with Gasteiger partial charge >= 0.3 is 12.1 Å². The van der Waals surface area contributed by atoms with Gasteiger partial charge in [-0.05, 0) is 28.7 Å². The minimum absolute atomic E-state index is 0.0324. The summed E-state index contributed by atoms with van der Waals surface area (Å²) in [7, 11) is 0. The zero-order chi connectivity index (χ0) is 19.7. The van der Waals surface area contributed by atoms with E-state index < -0.39 is 29.4 Å². The topological polar surface area (TPSA) is 66.8 Å². The van der Waals surface area contributed by atoms with Gasteiger partial charge < -0.3 is 9.84 Å². The van der Waals surface area contributed by atoms with Gasteiger partial charge in [0.05, 0.1) is 5.92 Å². The summed E-state index contributed by atoms with van der Waals surface area (Å²) in [6, 6.07) is 15.5. The summed E-state index contributed by atoms with van der Waals surface area (Å²) >= 11 is 0. The van der Waals surface area contributed by atoms with E-state index in [2.05, 4.69) is 0 Å². The minimum Gasteiger partial charge on any atom is -0.479 e. The van der Waals surface area contributed by atoms with Crippen LogP contribution in [-0.2, 0) is 9.53 Å². The van der Waals surface area contributed by atoms with Gasteiger partial charge in [0, 0.05) is 12.5 Å². The molecule has 2 atom stereocenters. The highest BCUT2D eigenvalue weighted by Crippen LogP contribution is 2.67. The summed E-state index contributed by atoms with van der Waals surface area (Å²) in [5, 5.41) is 9.38. The van der Waals surface area contributed by atoms with Gasteiger partial charge in [-0.1, -0.05) is 48.5 Å². The quantitative estimate of drug-likeness (QED) is 0.874. The molecule has 1 amide bonds. The van der Waals surface area contributed by atoms with Crippen molar-refractivity contribution in [3.05, 3.63) is 59.7 Å². The Kier molecular flexibility index (Phi) is 3.39. The SMILES string of the molecule is O=C(OCC1c2ccccc2-c2ccccc21)N1CCC2C(F)(F)C21C(=O)O. The first-order chi connectivity index (χ1) is 13.4. The van der Waals surface area contributed by atoms with Crippen LogP contribution in [0.4, 0.5) is 13.6 Å². The molecule has 1 N–H and O–H groups in total. The number of amides is 1. The van der Waals surface area contributed by atoms with E-state index in [1.165, 1.54) is 0 Å². The van der Waals surface area contributed by atoms with Gasteiger partial charge in [0.2, 0.25) is 5.54 Å². The average Bonchev–Trinajstić information content (AvgIpc) is 3.02. The zero-order valence-corrected chi connectivity index (χ0v) is 14.8. The van der Waals surface area contributed by atoms with Crippen LogP contribution in [0.1, 0.15) is 23.5 Å². The van der Waals surface area contributed by atoms with E-state index in [9.17, 15) is 23.5 Å². The van der Waals surface area contributed by atoms with E-state index in [4.69, 9.17) is 4.74 Å². The number of hydrogen-bond donors (Lipinski definition) is 1. The van der Waals surface area contributed by atoms with Crippen molar-refractivity contribution in [1.82, 2.24) is 4.90 Å². The van der Waals surface area contributed by atoms with Gasteiger partial charge in [-0.15, -0.1) is 0 Å². The summed E-state index contributed by atoms with van der Waals surface area (Å²) in [4.78, 5) is 24.8. The molecule has 2 unspecified atom stereocenters. The van der Waals surface area contributed by atoms with Crippen LogP contribution < -0.4 is 0 Å². The summed E-state index contributed by atoms with van der Waals surface area (Å²) < 4.78 is 33.5. The molecule has 0 aromatic heterocycles. The molecule has 1 saturated heterocycles. The molecule has 1 saturated carbocycles. The number of benzene rings is 2. The number of piperidine rings is 1. The van der Waals surface area contributed by atoms with Gasteiger partial charge in [0.25, 0.3) is 5.92 Å². The monoisotopic (exact) mass is 385 g/mol. The molecular weight excluding hydrogens is 368 g/mol. The van der Waals surface area contributed by atoms with Crippen LogP contribution in [0.15, 0.2) is 48.5 Å². The minimum atomic E-state index is -3.41. The Morgan fingerprint density at radius 1 is 1.07 bits per heavy atom. The maximum absolute atomic E-state index is 14.1. The fourth-order valence-electron chi connectivity index (χ4n) is 4.97. The lowest BCUT2D eigenvalue weighted by Crippen LogP contribution is -2.50. The van der Waals surface area contributed by atoms with E-state index in [1.54, 1.807) is 0 Å². The molecule has 2 aromatic rings. The normalized spacial score (nSPS) is 26.4. The fourth-order valence-corrected chi connectivity index (χ4v) is 4.97. The molecule has 1 aliphatic heterocycles. The standard InChI is InChI=1S/C21H17F2NO4/c22-21(23)17-9-10-24(20(17,21)18(25)26)19(27)28-11-16-14-7-3-1-5-12(14)13-6-2-4-8-15(13)16/h1-8,16-17H,9-11H2,(H,25,26). The van der Waals surface area contributed by atoms with Crippen molar-refractivity contribution < 1.29 is 28.2 Å². The number of carbonyl (C=O) groups is 2. The summed E-state index contributed by atoms with van der Waals surface area (Å²) in [5.74, 6) is -6.63. The van der Waals surface area contributed by atoms with Crippen molar-refractivity contribution in [1.29, 1.82) is 0 Å². The molecule has 3 aliphatic rings. The molecule has 28 heavy (non-hydrogen) atoms. The number of ether oxygens (including phenoxy) is 1. The molecule has 144 valence electrons. The van der Waals surface area contributed by atoms with Crippen LogP contribution in [0.3, 0.4) is 0 Å². The number of carbonyl (C=O) groups excluding carboxylic acids is 1. The van der Waals surface area contributed by atoms with Crippen molar-refractivity contribution in [3.63, 3.8) is 0 Å². The smallest absolute Gasteiger partial charge is 0.410 e. The summed E-state index contributed by atoms with van der Waals surface area (Å²) in [6.45, 7) is -0.0709. The molecular formula is C21H17F2NO4. The molecule has 1 heterocycles. The van der Waals surface area contributed by atoms with Crippen molar-refractivity contribution in [2.75, 3.05) is 13.2 Å². The Morgan fingerprint density at radius 2 is 1.64 bits per heavy atom. The van der Waals surface area contributed by atoms with Crippen molar-refractivity contribution in [2.24, 2.45) is 5.92 Å². The highest BCUT2D eigenvalue weighted by atomic mass is 19.3. The molecule has 2 fully saturated rings. The van der Waals surface area contributed by atoms with Crippen LogP contribution in [0.2, 0.25) is 0 Å². The molecule has 7 heteroatoms. The predicted molar refractivity (Wildman–Crippen MR) is 95.2 cm³/mol. The molecule has 0 bridgehead atoms. The van der Waals surface area contributed by atoms with Crippen molar-refractivity contribution in [3.8, 4) is 11.1 Å². The van der Waals surface area contributed by atoms with Crippen molar-refractivity contribution >= 4 is 12.1 Å². The van der Waals surface area contributed by atoms with Crippen LogP contribution in [0.5, 0.6) is 0 Å². The number of halogens is 2. The number of carboxylic acids is 1. The number of alkyl halides is 2. The highest BCUT2D eigenvalue weighted by molar-refractivity contribution is 5.92. The van der Waals surface area contributed by atoms with Crippen molar-refractivity contribution in [2.45, 2.75) is 23.8 Å². The third-order valence-electron chi connectivity index (χ3n) is 6.32. The van der Waals surface area contributed by atoms with Gasteiger partial charge in [0.15, 0.2) is 0 Å². The summed E-state index contributed by atoms with van der Waals surface area (Å²) in [6.07, 6.45) is -1.03. The number of aliphatic carboxylic acids is 1. The first-order valence-electron chi connectivity index (χ1n) is 9.14. The second-order valence-electron chi connectivity index (χ2n) is 7.49. The van der Waals surface area contributed by atoms with Crippen LogP contribution in [0.25, 0.3) is 11.1 Å². The van der Waals surface area contributed by atoms with E-state index in [1.807, 2.05) is 48.5 Å². The molecule has 0 spiro atoms. The number of rotatable bonds is 3. The van der Waals surface area contributed by atoms with E-state index in [0.717, 1.165) is 22.3 Å². The molecule has 2 aliphatic carbocycles. The van der Waals surface area contributed by atoms with Crippen LogP contribution in [0, 0.1) is 5.92 Å². The first-order valence-corrected chi connectivity index (χ1v) is 9.14. The maximum Gasteiger partial charge on any atom is 0.410 e. The Bertz CT molecular complexity index is 962. The second-order valence-corrected chi connectivity index (χ2v) is 7.49. The van der Waals surface area contributed by atoms with Gasteiger partial charge in [0.1, 0.15) is 6.61 Å². The number of nitrogens with zero attached hydrogens (tertiary/aromatic N) is 1. The fraction of sp³-hybridized carbons (Fsp3) is 0.333. The lowest BCUT2D eigenvalue weighted by Gasteiger charge is -2.26. The Labute approximate surface area is 159 Å². The maximum atomic E-state index is 14.1. The van der Waals surface area contributed by atoms with E-state index >= 15 is 0 Å². The van der Waals surface area contributed by atoms with E-state index in [-0.39, 0.29) is 25.5 Å². The Morgan fingerprint density at radius 3 is 2.18 bits per heavy atom. The zero-order valence-electron chi connectivity index (χ0n) is 14.8. The Balaban J connectivity index is 1.39. The first kappa shape index (κ1) is 17.2. The third kappa shape index (κ3) is 1.94. The lowest BCUT2D eigenvalue weighted by molar-refractivity contribution is -0.148. The number of likely N-dealkylation sites (tertiary alicyclic amines) is 1. The van der Waals surface area contributed by atoms with Gasteiger partial charge in [-0.3, -0.25) is 4.90 Å². The molecule has 0 radical (unpaired) electrons. The molecule has 2 aromatic carbocycles. The number of carboxylic acid groups (broad SMARTS) is 1. The number of fused-ring (bicyclic) bond motifs is 4. The third-order valence-corrected chi connectivity index (χ3v) is 6.32. The highest BCUT2D eigenvalue weighted by Gasteiger charge is 2.91. The van der Waals surface area contributed by atoms with Crippen LogP contribution in [-0.4, -0.2) is 46.7 Å². The van der Waals surface area contributed by atoms with Gasteiger partial charge in [-0.25, -0.2) is 18.4 Å². The lowest BCUT2D eigenvalue weighted by atomic mass is 9.98. The largest absolute Gasteiger partial charge is 0.479 e. The predicted octanol–water partition coefficient (Wildman–Crippen LogP) is 3.73. The Hall–Kier alpha value is -2.96. The summed E-state index contributed by atoms with van der Waals surface area (Å²) in [5.41, 5.74) is 1.66. The second kappa shape index (κ2) is 5.53. The van der Waals surface area contributed by atoms with Crippen LogP contribution >= 0.6 is 0 Å². The average molecular weight is 385 g/mol. The molecule has 5 nitrogen and oxygen atoms in total.